The number of hydrogen-bond donors (Lipinski definition) is 0. The molecule has 0 spiro atoms. The third-order valence-electron chi connectivity index (χ3n) is 3.85. The van der Waals surface area contributed by atoms with Gasteiger partial charge in [0.05, 0.1) is 13.2 Å². The number of amides is 1. The Kier molecular flexibility index (Phi) is 7.17. The highest BCUT2D eigenvalue weighted by Gasteiger charge is 2.45. The fourth-order valence-corrected chi connectivity index (χ4v) is 4.37. The molecule has 1 aliphatic rings. The van der Waals surface area contributed by atoms with Crippen LogP contribution in [0.5, 0.6) is 0 Å². The van der Waals surface area contributed by atoms with Gasteiger partial charge in [0, 0.05) is 6.54 Å². The molecule has 0 aliphatic carbocycles. The van der Waals surface area contributed by atoms with Gasteiger partial charge >= 0.3 is 13.7 Å². The molecule has 1 atom stereocenters. The van der Waals surface area contributed by atoms with Crippen LogP contribution in [0.3, 0.4) is 0 Å². The van der Waals surface area contributed by atoms with Gasteiger partial charge in [-0.3, -0.25) is 14.3 Å². The van der Waals surface area contributed by atoms with E-state index in [1.165, 1.54) is 4.90 Å². The van der Waals surface area contributed by atoms with E-state index in [1.54, 1.807) is 13.8 Å². The molecule has 1 fully saturated rings. The standard InChI is InChI=1S/C17H24NO6P/c1-3-23-25(21,24-4-2)16(19)15-11-8-12-18(15)17(20)22-13-14-9-6-5-7-10-14/h5-7,9-10,15H,3-4,8,11-13H2,1-2H3/t15-/m0/s1. The predicted molar refractivity (Wildman–Crippen MR) is 92.2 cm³/mol. The van der Waals surface area contributed by atoms with Crippen LogP contribution in [-0.4, -0.2) is 42.3 Å². The lowest BCUT2D eigenvalue weighted by Crippen LogP contribution is -2.41. The highest BCUT2D eigenvalue weighted by Crippen LogP contribution is 2.51. The van der Waals surface area contributed by atoms with Gasteiger partial charge in [-0.1, -0.05) is 30.3 Å². The molecule has 0 aromatic heterocycles. The van der Waals surface area contributed by atoms with Crippen molar-refractivity contribution in [3.8, 4) is 0 Å². The van der Waals surface area contributed by atoms with Gasteiger partial charge in [-0.05, 0) is 32.3 Å². The smallest absolute Gasteiger partial charge is 0.410 e. The van der Waals surface area contributed by atoms with Crippen LogP contribution in [0.25, 0.3) is 0 Å². The van der Waals surface area contributed by atoms with Crippen LogP contribution in [0.4, 0.5) is 4.79 Å². The number of hydrogen-bond acceptors (Lipinski definition) is 6. The Labute approximate surface area is 147 Å². The molecule has 0 N–H and O–H groups in total. The molecule has 0 radical (unpaired) electrons. The average molecular weight is 369 g/mol. The monoisotopic (exact) mass is 369 g/mol. The molecule has 8 heteroatoms. The third kappa shape index (κ3) is 4.91. The molecule has 0 bridgehead atoms. The van der Waals surface area contributed by atoms with Gasteiger partial charge < -0.3 is 13.8 Å². The van der Waals surface area contributed by atoms with Gasteiger partial charge in [0.25, 0.3) is 5.52 Å². The van der Waals surface area contributed by atoms with Crippen LogP contribution >= 0.6 is 7.60 Å². The van der Waals surface area contributed by atoms with Crippen molar-refractivity contribution in [2.45, 2.75) is 39.3 Å². The Bertz CT molecular complexity index is 625. The minimum absolute atomic E-state index is 0.0915. The number of rotatable bonds is 8. The molecule has 0 unspecified atom stereocenters. The lowest BCUT2D eigenvalue weighted by molar-refractivity contribution is -0.117. The van der Waals surface area contributed by atoms with Crippen molar-refractivity contribution in [2.75, 3.05) is 19.8 Å². The van der Waals surface area contributed by atoms with E-state index < -0.39 is 25.3 Å². The maximum Gasteiger partial charge on any atom is 0.410 e. The first-order valence-electron chi connectivity index (χ1n) is 8.42. The molecule has 138 valence electrons. The summed E-state index contributed by atoms with van der Waals surface area (Å²) in [6.07, 6.45) is 0.456. The Morgan fingerprint density at radius 2 is 1.80 bits per heavy atom. The number of carbonyl (C=O) groups excluding carboxylic acids is 2. The number of ether oxygens (including phenoxy) is 1. The van der Waals surface area contributed by atoms with E-state index in [-0.39, 0.29) is 19.8 Å². The summed E-state index contributed by atoms with van der Waals surface area (Å²) in [5, 5.41) is 0. The Hall–Kier alpha value is -1.69. The summed E-state index contributed by atoms with van der Waals surface area (Å²) < 4.78 is 28.2. The van der Waals surface area contributed by atoms with Crippen molar-refractivity contribution in [1.82, 2.24) is 4.90 Å². The molecule has 1 aliphatic heterocycles. The summed E-state index contributed by atoms with van der Waals surface area (Å²) in [6, 6.07) is 8.43. The van der Waals surface area contributed by atoms with Gasteiger partial charge in [-0.2, -0.15) is 0 Å². The zero-order valence-corrected chi connectivity index (χ0v) is 15.4. The second kappa shape index (κ2) is 9.13. The van der Waals surface area contributed by atoms with Crippen LogP contribution in [0.1, 0.15) is 32.3 Å². The van der Waals surface area contributed by atoms with E-state index in [0.29, 0.717) is 19.4 Å². The summed E-state index contributed by atoms with van der Waals surface area (Å²) in [6.45, 7) is 3.95. The maximum absolute atomic E-state index is 12.7. The van der Waals surface area contributed by atoms with E-state index in [2.05, 4.69) is 0 Å². The van der Waals surface area contributed by atoms with Crippen LogP contribution in [0, 0.1) is 0 Å². The molecule has 1 heterocycles. The highest BCUT2D eigenvalue weighted by atomic mass is 31.2. The highest BCUT2D eigenvalue weighted by molar-refractivity contribution is 7.72. The van der Waals surface area contributed by atoms with Gasteiger partial charge in [-0.15, -0.1) is 0 Å². The predicted octanol–water partition coefficient (Wildman–Crippen LogP) is 3.58. The molecular weight excluding hydrogens is 345 g/mol. The van der Waals surface area contributed by atoms with Crippen LogP contribution in [0.2, 0.25) is 0 Å². The summed E-state index contributed by atoms with van der Waals surface area (Å²) in [5.74, 6) is 0. The van der Waals surface area contributed by atoms with Gasteiger partial charge in [-0.25, -0.2) is 4.79 Å². The van der Waals surface area contributed by atoms with E-state index in [1.807, 2.05) is 30.3 Å². The number of likely N-dealkylation sites (tertiary alicyclic amines) is 1. The zero-order valence-electron chi connectivity index (χ0n) is 14.6. The van der Waals surface area contributed by atoms with Crippen molar-refractivity contribution in [3.63, 3.8) is 0 Å². The Balaban J connectivity index is 2.04. The molecule has 1 aromatic rings. The average Bonchev–Trinajstić information content (AvgIpc) is 3.10. The topological polar surface area (TPSA) is 82.1 Å². The lowest BCUT2D eigenvalue weighted by Gasteiger charge is -2.25. The van der Waals surface area contributed by atoms with Crippen LogP contribution < -0.4 is 0 Å². The molecule has 0 saturated carbocycles. The van der Waals surface area contributed by atoms with E-state index in [9.17, 15) is 14.2 Å². The molecule has 25 heavy (non-hydrogen) atoms. The molecule has 1 aromatic carbocycles. The Morgan fingerprint density at radius 3 is 2.40 bits per heavy atom. The van der Waals surface area contributed by atoms with Gasteiger partial charge in [0.15, 0.2) is 0 Å². The van der Waals surface area contributed by atoms with Gasteiger partial charge in [0.1, 0.15) is 12.6 Å². The lowest BCUT2D eigenvalue weighted by atomic mass is 10.2. The van der Waals surface area contributed by atoms with Crippen molar-refractivity contribution in [3.05, 3.63) is 35.9 Å². The normalized spacial score (nSPS) is 17.5. The molecule has 1 saturated heterocycles. The maximum atomic E-state index is 12.7. The van der Waals surface area contributed by atoms with Crippen molar-refractivity contribution < 1.29 is 27.9 Å². The first-order valence-corrected chi connectivity index (χ1v) is 9.97. The summed E-state index contributed by atoms with van der Waals surface area (Å²) in [5.41, 5.74) is 0.178. The molecule has 1 amide bonds. The summed E-state index contributed by atoms with van der Waals surface area (Å²) in [4.78, 5) is 26.3. The Morgan fingerprint density at radius 1 is 1.16 bits per heavy atom. The van der Waals surface area contributed by atoms with Gasteiger partial charge in [0.2, 0.25) is 0 Å². The van der Waals surface area contributed by atoms with Crippen molar-refractivity contribution in [1.29, 1.82) is 0 Å². The first kappa shape index (κ1) is 19.6. The summed E-state index contributed by atoms with van der Waals surface area (Å²) >= 11 is 0. The number of carbonyl (C=O) groups is 2. The number of nitrogens with zero attached hydrogens (tertiary/aromatic N) is 1. The van der Waals surface area contributed by atoms with E-state index >= 15 is 0 Å². The molecular formula is C17H24NO6P. The fraction of sp³-hybridized carbons (Fsp3) is 0.529. The summed E-state index contributed by atoms with van der Waals surface area (Å²) in [7, 11) is -3.90. The zero-order chi connectivity index (χ0) is 18.3. The van der Waals surface area contributed by atoms with E-state index in [0.717, 1.165) is 5.56 Å². The van der Waals surface area contributed by atoms with Crippen molar-refractivity contribution >= 4 is 19.2 Å². The number of benzene rings is 1. The SMILES string of the molecule is CCOP(=O)(OCC)C(=O)[C@@H]1CCCN1C(=O)OCc1ccccc1. The third-order valence-corrected chi connectivity index (χ3v) is 5.88. The fourth-order valence-electron chi connectivity index (χ4n) is 2.73. The minimum atomic E-state index is -3.90. The minimum Gasteiger partial charge on any atom is -0.445 e. The second-order valence-electron chi connectivity index (χ2n) is 5.56. The second-order valence-corrected chi connectivity index (χ2v) is 7.51. The molecule has 7 nitrogen and oxygen atoms in total. The van der Waals surface area contributed by atoms with E-state index in [4.69, 9.17) is 13.8 Å². The largest absolute Gasteiger partial charge is 0.445 e. The van der Waals surface area contributed by atoms with Crippen molar-refractivity contribution in [2.24, 2.45) is 0 Å². The quantitative estimate of drug-likeness (QED) is 0.652. The first-order chi connectivity index (χ1) is 12.0. The molecule has 2 rings (SSSR count). The van der Waals surface area contributed by atoms with Crippen LogP contribution in [0.15, 0.2) is 30.3 Å². The van der Waals surface area contributed by atoms with Crippen LogP contribution in [-0.2, 0) is 29.8 Å².